The summed E-state index contributed by atoms with van der Waals surface area (Å²) in [5.74, 6) is -1.28. The van der Waals surface area contributed by atoms with E-state index in [0.717, 1.165) is 34.2 Å². The maximum atomic E-state index is 13.4. The monoisotopic (exact) mass is 319 g/mol. The van der Waals surface area contributed by atoms with Crippen LogP contribution < -0.4 is 5.32 Å². The molecule has 114 valence electrons. The first-order chi connectivity index (χ1) is 9.88. The number of halogens is 4. The molecule has 1 aromatic carbocycles. The number of benzene rings is 1. The molecule has 1 N–H and O–H groups in total. The predicted octanol–water partition coefficient (Wildman–Crippen LogP) is 3.57. The third-order valence-corrected chi connectivity index (χ3v) is 3.93. The lowest BCUT2D eigenvalue weighted by atomic mass is 10.0. The number of rotatable bonds is 4. The number of nitrogens with zero attached hydrogens (tertiary/aromatic N) is 2. The van der Waals surface area contributed by atoms with Gasteiger partial charge in [0.2, 0.25) is 0 Å². The van der Waals surface area contributed by atoms with Crippen LogP contribution in [0.5, 0.6) is 0 Å². The van der Waals surface area contributed by atoms with Crippen LogP contribution in [0, 0.1) is 5.82 Å². The number of aryl methyl sites for hydroxylation is 1. The Hall–Kier alpha value is -1.54. The summed E-state index contributed by atoms with van der Waals surface area (Å²) in [6.45, 7) is 1.89. The molecule has 1 aromatic heterocycles. The van der Waals surface area contributed by atoms with Gasteiger partial charge in [0.1, 0.15) is 5.82 Å². The van der Waals surface area contributed by atoms with Crippen molar-refractivity contribution in [2.24, 2.45) is 0 Å². The van der Waals surface area contributed by atoms with E-state index < -0.39 is 23.6 Å². The Morgan fingerprint density at radius 3 is 2.62 bits per heavy atom. The van der Waals surface area contributed by atoms with Gasteiger partial charge < -0.3 is 5.32 Å². The van der Waals surface area contributed by atoms with Crippen LogP contribution >= 0.6 is 11.5 Å². The molecule has 8 heteroatoms. The second kappa shape index (κ2) is 6.07. The van der Waals surface area contributed by atoms with Crippen molar-refractivity contribution in [1.29, 1.82) is 0 Å². The van der Waals surface area contributed by atoms with Crippen molar-refractivity contribution in [3.63, 3.8) is 0 Å². The average molecular weight is 319 g/mol. The highest BCUT2D eigenvalue weighted by Crippen LogP contribution is 2.35. The van der Waals surface area contributed by atoms with Crippen molar-refractivity contribution in [1.82, 2.24) is 14.9 Å². The normalized spacial score (nSPS) is 13.4. The minimum absolute atomic E-state index is 0.326. The molecule has 0 saturated carbocycles. The molecule has 1 atom stereocenters. The van der Waals surface area contributed by atoms with Crippen molar-refractivity contribution in [2.75, 3.05) is 7.05 Å². The van der Waals surface area contributed by atoms with E-state index in [-0.39, 0.29) is 0 Å². The van der Waals surface area contributed by atoms with Gasteiger partial charge in [-0.25, -0.2) is 4.39 Å². The van der Waals surface area contributed by atoms with Crippen molar-refractivity contribution < 1.29 is 17.6 Å². The molecule has 0 aliphatic rings. The first-order valence-corrected chi connectivity index (χ1v) is 7.00. The van der Waals surface area contributed by atoms with E-state index in [2.05, 4.69) is 14.9 Å². The molecule has 21 heavy (non-hydrogen) atoms. The SMILES string of the molecule is CCc1nnsc1C(NC)c1ccc(F)c(C(F)(F)F)c1. The van der Waals surface area contributed by atoms with Gasteiger partial charge in [-0.15, -0.1) is 5.10 Å². The second-order valence-corrected chi connectivity index (χ2v) is 5.18. The van der Waals surface area contributed by atoms with Crippen LogP contribution in [-0.2, 0) is 12.6 Å². The van der Waals surface area contributed by atoms with Crippen molar-refractivity contribution >= 4 is 11.5 Å². The number of aromatic nitrogens is 2. The highest BCUT2D eigenvalue weighted by atomic mass is 32.1. The highest BCUT2D eigenvalue weighted by Gasteiger charge is 2.35. The van der Waals surface area contributed by atoms with Gasteiger partial charge in [-0.05, 0) is 42.7 Å². The van der Waals surface area contributed by atoms with Gasteiger partial charge in [-0.3, -0.25) is 0 Å². The van der Waals surface area contributed by atoms with Crippen LogP contribution in [0.25, 0.3) is 0 Å². The summed E-state index contributed by atoms with van der Waals surface area (Å²) in [4.78, 5) is 0.736. The van der Waals surface area contributed by atoms with E-state index in [9.17, 15) is 17.6 Å². The standard InChI is InChI=1S/C13H13F4N3S/c1-3-10-12(21-20-19-10)11(18-2)7-4-5-9(14)8(6-7)13(15,16)17/h4-6,11,18H,3H2,1-2H3. The smallest absolute Gasteiger partial charge is 0.309 e. The Kier molecular flexibility index (Phi) is 4.58. The number of alkyl halides is 3. The summed E-state index contributed by atoms with van der Waals surface area (Å²) in [7, 11) is 1.63. The topological polar surface area (TPSA) is 37.8 Å². The zero-order valence-electron chi connectivity index (χ0n) is 11.3. The van der Waals surface area contributed by atoms with Crippen LogP contribution in [0.3, 0.4) is 0 Å². The molecule has 0 radical (unpaired) electrons. The lowest BCUT2D eigenvalue weighted by Crippen LogP contribution is -2.19. The summed E-state index contributed by atoms with van der Waals surface area (Å²) in [6.07, 6.45) is -4.10. The zero-order chi connectivity index (χ0) is 15.6. The molecule has 2 aromatic rings. The van der Waals surface area contributed by atoms with Gasteiger partial charge in [-0.2, -0.15) is 13.2 Å². The Morgan fingerprint density at radius 1 is 1.33 bits per heavy atom. The summed E-state index contributed by atoms with van der Waals surface area (Å²) in [6, 6.07) is 2.50. The van der Waals surface area contributed by atoms with E-state index in [1.165, 1.54) is 6.07 Å². The molecule has 0 amide bonds. The second-order valence-electron chi connectivity index (χ2n) is 4.40. The van der Waals surface area contributed by atoms with E-state index in [1.807, 2.05) is 6.92 Å². The summed E-state index contributed by atoms with van der Waals surface area (Å²) in [5, 5.41) is 6.88. The third-order valence-electron chi connectivity index (χ3n) is 3.10. The Labute approximate surface area is 123 Å². The van der Waals surface area contributed by atoms with Crippen LogP contribution in [0.15, 0.2) is 18.2 Å². The van der Waals surface area contributed by atoms with Crippen LogP contribution in [-0.4, -0.2) is 16.6 Å². The van der Waals surface area contributed by atoms with Gasteiger partial charge in [0.25, 0.3) is 0 Å². The first-order valence-electron chi connectivity index (χ1n) is 6.23. The van der Waals surface area contributed by atoms with E-state index in [1.54, 1.807) is 7.05 Å². The molecule has 0 bridgehead atoms. The van der Waals surface area contributed by atoms with Crippen molar-refractivity contribution in [3.05, 3.63) is 45.7 Å². The van der Waals surface area contributed by atoms with Crippen molar-refractivity contribution in [3.8, 4) is 0 Å². The molecule has 0 fully saturated rings. The van der Waals surface area contributed by atoms with Crippen LogP contribution in [0.1, 0.15) is 34.7 Å². The summed E-state index contributed by atoms with van der Waals surface area (Å²) in [5.41, 5.74) is -0.222. The fourth-order valence-electron chi connectivity index (χ4n) is 2.07. The van der Waals surface area contributed by atoms with Gasteiger partial charge in [0, 0.05) is 0 Å². The molecular formula is C13H13F4N3S. The molecule has 3 nitrogen and oxygen atoms in total. The highest BCUT2D eigenvalue weighted by molar-refractivity contribution is 7.05. The lowest BCUT2D eigenvalue weighted by Gasteiger charge is -2.17. The minimum Gasteiger partial charge on any atom is -0.309 e. The quantitative estimate of drug-likeness (QED) is 0.876. The van der Waals surface area contributed by atoms with Crippen LogP contribution in [0.2, 0.25) is 0 Å². The van der Waals surface area contributed by atoms with Gasteiger partial charge >= 0.3 is 6.18 Å². The predicted molar refractivity (Wildman–Crippen MR) is 71.6 cm³/mol. The number of hydrogen-bond acceptors (Lipinski definition) is 4. The zero-order valence-corrected chi connectivity index (χ0v) is 12.1. The Bertz CT molecular complexity index is 624. The Morgan fingerprint density at radius 2 is 2.05 bits per heavy atom. The van der Waals surface area contributed by atoms with E-state index in [0.29, 0.717) is 12.0 Å². The molecule has 0 spiro atoms. The number of hydrogen-bond donors (Lipinski definition) is 1. The van der Waals surface area contributed by atoms with E-state index in [4.69, 9.17) is 0 Å². The Balaban J connectivity index is 2.49. The third kappa shape index (κ3) is 3.21. The molecule has 2 rings (SSSR count). The maximum absolute atomic E-state index is 13.4. The lowest BCUT2D eigenvalue weighted by molar-refractivity contribution is -0.140. The van der Waals surface area contributed by atoms with Gasteiger partial charge in [0.05, 0.1) is 22.2 Å². The maximum Gasteiger partial charge on any atom is 0.419 e. The molecule has 0 aliphatic carbocycles. The van der Waals surface area contributed by atoms with Crippen molar-refractivity contribution in [2.45, 2.75) is 25.6 Å². The van der Waals surface area contributed by atoms with Gasteiger partial charge in [0.15, 0.2) is 0 Å². The molecule has 0 saturated heterocycles. The number of nitrogens with one attached hydrogen (secondary N) is 1. The summed E-state index contributed by atoms with van der Waals surface area (Å²) < 4.78 is 55.6. The van der Waals surface area contributed by atoms with Crippen LogP contribution in [0.4, 0.5) is 17.6 Å². The largest absolute Gasteiger partial charge is 0.419 e. The minimum atomic E-state index is -4.72. The summed E-state index contributed by atoms with van der Waals surface area (Å²) >= 11 is 1.12. The first kappa shape index (κ1) is 15.8. The molecule has 1 heterocycles. The molecule has 1 unspecified atom stereocenters. The fourth-order valence-corrected chi connectivity index (χ4v) is 2.95. The molecule has 0 aliphatic heterocycles. The van der Waals surface area contributed by atoms with E-state index >= 15 is 0 Å². The fraction of sp³-hybridized carbons (Fsp3) is 0.385. The molecular weight excluding hydrogens is 306 g/mol. The van der Waals surface area contributed by atoms with Gasteiger partial charge in [-0.1, -0.05) is 17.5 Å². The average Bonchev–Trinajstić information content (AvgIpc) is 2.88.